The Labute approximate surface area is 122 Å². The molecule has 1 aromatic heterocycles. The zero-order valence-corrected chi connectivity index (χ0v) is 12.2. The molecule has 2 N–H and O–H groups in total. The largest absolute Gasteiger partial charge is 0.480 e. The number of aliphatic carboxylic acids is 1. The van der Waals surface area contributed by atoms with Crippen molar-refractivity contribution in [1.29, 1.82) is 0 Å². The van der Waals surface area contributed by atoms with E-state index in [1.807, 2.05) is 0 Å². The van der Waals surface area contributed by atoms with Crippen molar-refractivity contribution in [2.75, 3.05) is 0 Å². The first-order chi connectivity index (χ1) is 9.18. The molecular formula is C9H9ClN2O6S2. The number of nitro groups is 1. The molecule has 2 rings (SSSR count). The lowest BCUT2D eigenvalue weighted by Crippen LogP contribution is -2.58. The fraction of sp³-hybridized carbons (Fsp3) is 0.444. The monoisotopic (exact) mass is 340 g/mol. The summed E-state index contributed by atoms with van der Waals surface area (Å²) in [7, 11) is -4.16. The fourth-order valence-corrected chi connectivity index (χ4v) is 4.88. The summed E-state index contributed by atoms with van der Waals surface area (Å²) in [6, 6.07) is 0.823. The van der Waals surface area contributed by atoms with E-state index in [0.717, 1.165) is 6.07 Å². The molecule has 1 fully saturated rings. The van der Waals surface area contributed by atoms with Gasteiger partial charge in [0.05, 0.1) is 4.92 Å². The standard InChI is InChI=1S/C9H9ClN2O6S2/c10-7-5(12(15)16)4-6(19-7)20(17,18)11-9(8(13)14)2-1-3-9/h4,11H,1-3H2,(H,13,14). The van der Waals surface area contributed by atoms with E-state index in [-0.39, 0.29) is 21.4 Å². The molecule has 0 aliphatic heterocycles. The molecule has 1 heterocycles. The van der Waals surface area contributed by atoms with Gasteiger partial charge in [0.15, 0.2) is 4.34 Å². The Balaban J connectivity index is 2.34. The van der Waals surface area contributed by atoms with Gasteiger partial charge >= 0.3 is 5.97 Å². The van der Waals surface area contributed by atoms with Crippen LogP contribution >= 0.6 is 22.9 Å². The van der Waals surface area contributed by atoms with Crippen LogP contribution in [0.2, 0.25) is 4.34 Å². The number of carbonyl (C=O) groups is 1. The van der Waals surface area contributed by atoms with Gasteiger partial charge in [-0.15, -0.1) is 11.3 Å². The van der Waals surface area contributed by atoms with Crippen LogP contribution in [0.4, 0.5) is 5.69 Å². The van der Waals surface area contributed by atoms with Gasteiger partial charge in [0, 0.05) is 6.07 Å². The van der Waals surface area contributed by atoms with Crippen LogP contribution in [0.5, 0.6) is 0 Å². The van der Waals surface area contributed by atoms with Gasteiger partial charge in [-0.25, -0.2) is 8.42 Å². The molecule has 0 radical (unpaired) electrons. The summed E-state index contributed by atoms with van der Waals surface area (Å²) in [5.41, 5.74) is -2.04. The molecule has 8 nitrogen and oxygen atoms in total. The predicted molar refractivity (Wildman–Crippen MR) is 70.5 cm³/mol. The molecule has 0 amide bonds. The zero-order valence-electron chi connectivity index (χ0n) is 9.83. The van der Waals surface area contributed by atoms with Crippen LogP contribution in [0.15, 0.2) is 10.3 Å². The van der Waals surface area contributed by atoms with E-state index in [2.05, 4.69) is 4.72 Å². The zero-order chi connectivity index (χ0) is 15.1. The molecule has 1 saturated carbocycles. The highest BCUT2D eigenvalue weighted by atomic mass is 35.5. The Kier molecular flexibility index (Phi) is 3.75. The minimum absolute atomic E-state index is 0.183. The Morgan fingerprint density at radius 2 is 2.15 bits per heavy atom. The first-order valence-electron chi connectivity index (χ1n) is 5.39. The maximum Gasteiger partial charge on any atom is 0.324 e. The van der Waals surface area contributed by atoms with E-state index >= 15 is 0 Å². The summed E-state index contributed by atoms with van der Waals surface area (Å²) in [5, 5.41) is 19.7. The minimum Gasteiger partial charge on any atom is -0.480 e. The van der Waals surface area contributed by atoms with Gasteiger partial charge in [-0.2, -0.15) is 4.72 Å². The quantitative estimate of drug-likeness (QED) is 0.619. The third-order valence-electron chi connectivity index (χ3n) is 3.05. The van der Waals surface area contributed by atoms with Crippen LogP contribution in [-0.2, 0) is 14.8 Å². The summed E-state index contributed by atoms with van der Waals surface area (Å²) >= 11 is 6.11. The Bertz CT molecular complexity index is 679. The van der Waals surface area contributed by atoms with Crippen LogP contribution in [0.1, 0.15) is 19.3 Å². The van der Waals surface area contributed by atoms with Crippen LogP contribution in [0.3, 0.4) is 0 Å². The maximum atomic E-state index is 12.1. The molecule has 0 bridgehead atoms. The van der Waals surface area contributed by atoms with Crippen molar-refractivity contribution in [3.63, 3.8) is 0 Å². The second-order valence-corrected chi connectivity index (χ2v) is 7.89. The molecular weight excluding hydrogens is 332 g/mol. The lowest BCUT2D eigenvalue weighted by atomic mass is 9.78. The van der Waals surface area contributed by atoms with Crippen molar-refractivity contribution < 1.29 is 23.2 Å². The molecule has 11 heteroatoms. The van der Waals surface area contributed by atoms with Gasteiger partial charge in [0.25, 0.3) is 15.7 Å². The van der Waals surface area contributed by atoms with Crippen molar-refractivity contribution in [2.24, 2.45) is 0 Å². The molecule has 0 spiro atoms. The van der Waals surface area contributed by atoms with Crippen molar-refractivity contribution in [3.8, 4) is 0 Å². The number of sulfonamides is 1. The number of carboxylic acids is 1. The van der Waals surface area contributed by atoms with Crippen molar-refractivity contribution >= 4 is 44.6 Å². The van der Waals surface area contributed by atoms with Gasteiger partial charge in [-0.05, 0) is 19.3 Å². The first-order valence-corrected chi connectivity index (χ1v) is 8.07. The van der Waals surface area contributed by atoms with Crippen LogP contribution < -0.4 is 4.72 Å². The number of thiophene rings is 1. The fourth-order valence-electron chi connectivity index (χ4n) is 1.79. The molecule has 110 valence electrons. The van der Waals surface area contributed by atoms with Crippen LogP contribution in [-0.4, -0.2) is 30.0 Å². The highest BCUT2D eigenvalue weighted by Gasteiger charge is 2.48. The number of halogens is 1. The van der Waals surface area contributed by atoms with Gasteiger partial charge < -0.3 is 5.11 Å². The molecule has 0 saturated heterocycles. The number of hydrogen-bond acceptors (Lipinski definition) is 6. The van der Waals surface area contributed by atoms with Gasteiger partial charge in [0.1, 0.15) is 9.75 Å². The lowest BCUT2D eigenvalue weighted by Gasteiger charge is -2.37. The number of carboxylic acid groups (broad SMARTS) is 1. The summed E-state index contributed by atoms with van der Waals surface area (Å²) in [5.74, 6) is -1.26. The molecule has 0 atom stereocenters. The van der Waals surface area contributed by atoms with E-state index in [4.69, 9.17) is 16.7 Å². The van der Waals surface area contributed by atoms with Gasteiger partial charge in [-0.3, -0.25) is 14.9 Å². The third kappa shape index (κ3) is 2.51. The molecule has 1 aromatic rings. The topological polar surface area (TPSA) is 127 Å². The Morgan fingerprint density at radius 1 is 1.55 bits per heavy atom. The normalized spacial score (nSPS) is 17.4. The Hall–Kier alpha value is -1.23. The molecule has 1 aliphatic carbocycles. The average Bonchev–Trinajstić information content (AvgIpc) is 2.66. The summed E-state index contributed by atoms with van der Waals surface area (Å²) in [6.07, 6.45) is 0.964. The second kappa shape index (κ2) is 4.95. The number of hydrogen-bond donors (Lipinski definition) is 2. The van der Waals surface area contributed by atoms with Crippen LogP contribution in [0.25, 0.3) is 0 Å². The van der Waals surface area contributed by atoms with E-state index in [1.165, 1.54) is 0 Å². The lowest BCUT2D eigenvalue weighted by molar-refractivity contribution is -0.384. The SMILES string of the molecule is O=C(O)C1(NS(=O)(=O)c2cc([N+](=O)[O-])c(Cl)s2)CCC1. The van der Waals surface area contributed by atoms with Gasteiger partial charge in [0.2, 0.25) is 0 Å². The summed E-state index contributed by atoms with van der Waals surface area (Å²) in [6.45, 7) is 0. The van der Waals surface area contributed by atoms with Crippen molar-refractivity contribution in [1.82, 2.24) is 4.72 Å². The number of rotatable bonds is 5. The smallest absolute Gasteiger partial charge is 0.324 e. The highest BCUT2D eigenvalue weighted by molar-refractivity contribution is 7.91. The van der Waals surface area contributed by atoms with Crippen molar-refractivity contribution in [3.05, 3.63) is 20.5 Å². The molecule has 0 aromatic carbocycles. The average molecular weight is 341 g/mol. The van der Waals surface area contributed by atoms with Crippen LogP contribution in [0, 0.1) is 10.1 Å². The summed E-state index contributed by atoms with van der Waals surface area (Å²) < 4.78 is 25.6. The van der Waals surface area contributed by atoms with E-state index in [9.17, 15) is 23.3 Å². The first kappa shape index (κ1) is 15.2. The number of nitrogens with zero attached hydrogens (tertiary/aromatic N) is 1. The van der Waals surface area contributed by atoms with E-state index < -0.39 is 32.1 Å². The molecule has 20 heavy (non-hydrogen) atoms. The van der Waals surface area contributed by atoms with Gasteiger partial charge in [-0.1, -0.05) is 11.6 Å². The summed E-state index contributed by atoms with van der Waals surface area (Å²) in [4.78, 5) is 21.0. The third-order valence-corrected chi connectivity index (χ3v) is 6.40. The van der Waals surface area contributed by atoms with Crippen molar-refractivity contribution in [2.45, 2.75) is 29.0 Å². The highest BCUT2D eigenvalue weighted by Crippen LogP contribution is 2.38. The molecule has 1 aliphatic rings. The number of nitrogens with one attached hydrogen (secondary N) is 1. The maximum absolute atomic E-state index is 12.1. The van der Waals surface area contributed by atoms with E-state index in [0.29, 0.717) is 17.8 Å². The predicted octanol–water partition coefficient (Wildman–Crippen LogP) is 1.60. The van der Waals surface area contributed by atoms with E-state index in [1.54, 1.807) is 0 Å². The molecule has 0 unspecified atom stereocenters. The second-order valence-electron chi connectivity index (χ2n) is 4.33. The minimum atomic E-state index is -4.16. The Morgan fingerprint density at radius 3 is 2.50 bits per heavy atom.